The average molecular weight is 275 g/mol. The maximum Gasteiger partial charge on any atom is 0.225 e. The minimum Gasteiger partial charge on any atom is -0.342 e. The number of nitrogens with one attached hydrogen (secondary N) is 1. The molecule has 4 heteroatoms. The lowest BCUT2D eigenvalue weighted by Crippen LogP contribution is -2.43. The Hall–Kier alpha value is -0.280. The number of amides is 1. The molecule has 1 unspecified atom stereocenters. The number of nitrogens with zero attached hydrogens (tertiary/aromatic N) is 1. The van der Waals surface area contributed by atoms with Crippen molar-refractivity contribution in [3.63, 3.8) is 0 Å². The highest BCUT2D eigenvalue weighted by atomic mass is 35.5. The van der Waals surface area contributed by atoms with Gasteiger partial charge in [-0.1, -0.05) is 13.8 Å². The molecule has 0 radical (unpaired) electrons. The van der Waals surface area contributed by atoms with Gasteiger partial charge in [0.05, 0.1) is 0 Å². The predicted octanol–water partition coefficient (Wildman–Crippen LogP) is 2.30. The fourth-order valence-electron chi connectivity index (χ4n) is 2.79. The van der Waals surface area contributed by atoms with Crippen LogP contribution in [0, 0.1) is 17.8 Å². The van der Waals surface area contributed by atoms with E-state index in [0.29, 0.717) is 11.8 Å². The third-order valence-corrected chi connectivity index (χ3v) is 4.33. The molecule has 1 aliphatic carbocycles. The Morgan fingerprint density at radius 2 is 1.89 bits per heavy atom. The fourth-order valence-corrected chi connectivity index (χ4v) is 2.79. The molecule has 0 aromatic rings. The molecule has 2 rings (SSSR count). The zero-order valence-electron chi connectivity index (χ0n) is 11.7. The van der Waals surface area contributed by atoms with Gasteiger partial charge >= 0.3 is 0 Å². The molecular formula is C14H27ClN2O. The lowest BCUT2D eigenvalue weighted by Gasteiger charge is -2.33. The largest absolute Gasteiger partial charge is 0.342 e. The number of hydrogen-bond donors (Lipinski definition) is 1. The minimum atomic E-state index is 0. The van der Waals surface area contributed by atoms with Crippen molar-refractivity contribution in [3.8, 4) is 0 Å². The van der Waals surface area contributed by atoms with Crippen LogP contribution in [0.25, 0.3) is 0 Å². The Morgan fingerprint density at radius 3 is 2.39 bits per heavy atom. The summed E-state index contributed by atoms with van der Waals surface area (Å²) in [5, 5.41) is 3.41. The molecule has 1 saturated heterocycles. The van der Waals surface area contributed by atoms with Gasteiger partial charge < -0.3 is 10.2 Å². The molecule has 106 valence electrons. The molecule has 1 aliphatic heterocycles. The van der Waals surface area contributed by atoms with Crippen LogP contribution in [0.5, 0.6) is 0 Å². The summed E-state index contributed by atoms with van der Waals surface area (Å²) in [6, 6.07) is 0. The Kier molecular flexibility index (Phi) is 6.44. The monoisotopic (exact) mass is 274 g/mol. The summed E-state index contributed by atoms with van der Waals surface area (Å²) in [6.45, 7) is 8.40. The lowest BCUT2D eigenvalue weighted by atomic mass is 9.95. The van der Waals surface area contributed by atoms with Crippen LogP contribution in [0.3, 0.4) is 0 Å². The van der Waals surface area contributed by atoms with Gasteiger partial charge in [-0.05, 0) is 50.6 Å². The van der Waals surface area contributed by atoms with Crippen molar-refractivity contribution < 1.29 is 4.79 Å². The summed E-state index contributed by atoms with van der Waals surface area (Å²) < 4.78 is 0. The van der Waals surface area contributed by atoms with Crippen LogP contribution in [-0.2, 0) is 4.79 Å². The van der Waals surface area contributed by atoms with E-state index in [0.717, 1.165) is 32.1 Å². The van der Waals surface area contributed by atoms with E-state index in [1.807, 2.05) is 0 Å². The van der Waals surface area contributed by atoms with E-state index in [1.165, 1.54) is 25.7 Å². The molecule has 1 saturated carbocycles. The van der Waals surface area contributed by atoms with E-state index in [4.69, 9.17) is 0 Å². The second-order valence-corrected chi connectivity index (χ2v) is 5.70. The highest BCUT2D eigenvalue weighted by Gasteiger charge is 2.35. The zero-order chi connectivity index (χ0) is 12.3. The van der Waals surface area contributed by atoms with Crippen LogP contribution < -0.4 is 5.32 Å². The van der Waals surface area contributed by atoms with Crippen LogP contribution in [0.15, 0.2) is 0 Å². The maximum absolute atomic E-state index is 12.2. The summed E-state index contributed by atoms with van der Waals surface area (Å²) >= 11 is 0. The maximum atomic E-state index is 12.2. The van der Waals surface area contributed by atoms with Crippen LogP contribution in [0.2, 0.25) is 0 Å². The molecule has 2 aliphatic rings. The van der Waals surface area contributed by atoms with Crippen molar-refractivity contribution >= 4 is 18.3 Å². The van der Waals surface area contributed by atoms with Gasteiger partial charge in [-0.2, -0.15) is 0 Å². The minimum absolute atomic E-state index is 0. The molecule has 0 spiro atoms. The van der Waals surface area contributed by atoms with Gasteiger partial charge in [0.15, 0.2) is 0 Å². The van der Waals surface area contributed by atoms with Crippen molar-refractivity contribution in [3.05, 3.63) is 0 Å². The van der Waals surface area contributed by atoms with Gasteiger partial charge in [0.1, 0.15) is 0 Å². The molecule has 1 atom stereocenters. The smallest absolute Gasteiger partial charge is 0.225 e. The van der Waals surface area contributed by atoms with Crippen LogP contribution in [-0.4, -0.2) is 37.0 Å². The van der Waals surface area contributed by atoms with Gasteiger partial charge in [0, 0.05) is 19.0 Å². The summed E-state index contributed by atoms with van der Waals surface area (Å²) in [6.07, 6.45) is 4.89. The molecule has 1 amide bonds. The van der Waals surface area contributed by atoms with Crippen molar-refractivity contribution in [1.29, 1.82) is 0 Å². The average Bonchev–Trinajstić information content (AvgIpc) is 3.19. The van der Waals surface area contributed by atoms with E-state index in [-0.39, 0.29) is 18.3 Å². The Bertz CT molecular complexity index is 261. The van der Waals surface area contributed by atoms with E-state index < -0.39 is 0 Å². The SMILES string of the molecule is CCNCC1CCN(C(=O)C(C)C2CC2)CC1.Cl. The van der Waals surface area contributed by atoms with Gasteiger partial charge in [-0.3, -0.25) is 4.79 Å². The standard InChI is InChI=1S/C14H26N2O.ClH/c1-3-15-10-12-6-8-16(9-7-12)14(17)11(2)13-4-5-13;/h11-13,15H,3-10H2,1-2H3;1H. The molecular weight excluding hydrogens is 248 g/mol. The first-order chi connectivity index (χ1) is 8.22. The normalized spacial score (nSPS) is 22.4. The second-order valence-electron chi connectivity index (χ2n) is 5.70. The predicted molar refractivity (Wildman–Crippen MR) is 77.0 cm³/mol. The van der Waals surface area contributed by atoms with Crippen molar-refractivity contribution in [2.45, 2.75) is 39.5 Å². The van der Waals surface area contributed by atoms with Crippen LogP contribution in [0.1, 0.15) is 39.5 Å². The highest BCUT2D eigenvalue weighted by molar-refractivity contribution is 5.85. The summed E-state index contributed by atoms with van der Waals surface area (Å²) in [5.41, 5.74) is 0. The van der Waals surface area contributed by atoms with Crippen molar-refractivity contribution in [2.75, 3.05) is 26.2 Å². The molecule has 0 aromatic carbocycles. The zero-order valence-corrected chi connectivity index (χ0v) is 12.5. The van der Waals surface area contributed by atoms with Gasteiger partial charge in [-0.15, -0.1) is 12.4 Å². The van der Waals surface area contributed by atoms with Crippen molar-refractivity contribution in [1.82, 2.24) is 10.2 Å². The summed E-state index contributed by atoms with van der Waals surface area (Å²) in [7, 11) is 0. The third kappa shape index (κ3) is 4.13. The molecule has 18 heavy (non-hydrogen) atoms. The quantitative estimate of drug-likeness (QED) is 0.834. The van der Waals surface area contributed by atoms with Gasteiger partial charge in [0.25, 0.3) is 0 Å². The lowest BCUT2D eigenvalue weighted by molar-refractivity contribution is -0.137. The number of halogens is 1. The highest BCUT2D eigenvalue weighted by Crippen LogP contribution is 2.37. The molecule has 2 fully saturated rings. The first kappa shape index (κ1) is 15.8. The Balaban J connectivity index is 0.00000162. The molecule has 0 bridgehead atoms. The molecule has 1 heterocycles. The van der Waals surface area contributed by atoms with Gasteiger partial charge in [0.2, 0.25) is 5.91 Å². The first-order valence-corrected chi connectivity index (χ1v) is 7.22. The number of carbonyl (C=O) groups is 1. The summed E-state index contributed by atoms with van der Waals surface area (Å²) in [5.74, 6) is 2.16. The number of carbonyl (C=O) groups excluding carboxylic acids is 1. The molecule has 1 N–H and O–H groups in total. The number of piperidine rings is 1. The number of rotatable bonds is 5. The van der Waals surface area contributed by atoms with E-state index in [2.05, 4.69) is 24.1 Å². The second kappa shape index (κ2) is 7.34. The number of likely N-dealkylation sites (tertiary alicyclic amines) is 1. The van der Waals surface area contributed by atoms with Crippen molar-refractivity contribution in [2.24, 2.45) is 17.8 Å². The van der Waals surface area contributed by atoms with Gasteiger partial charge in [-0.25, -0.2) is 0 Å². The molecule has 3 nitrogen and oxygen atoms in total. The van der Waals surface area contributed by atoms with Crippen LogP contribution in [0.4, 0.5) is 0 Å². The first-order valence-electron chi connectivity index (χ1n) is 7.22. The molecule has 0 aromatic heterocycles. The Labute approximate surface area is 117 Å². The summed E-state index contributed by atoms with van der Waals surface area (Å²) in [4.78, 5) is 14.3. The number of hydrogen-bond acceptors (Lipinski definition) is 2. The van der Waals surface area contributed by atoms with E-state index >= 15 is 0 Å². The van der Waals surface area contributed by atoms with Crippen LogP contribution >= 0.6 is 12.4 Å². The Morgan fingerprint density at radius 1 is 1.28 bits per heavy atom. The topological polar surface area (TPSA) is 32.3 Å². The third-order valence-electron chi connectivity index (χ3n) is 4.33. The van der Waals surface area contributed by atoms with E-state index in [1.54, 1.807) is 0 Å². The fraction of sp³-hybridized carbons (Fsp3) is 0.929. The van der Waals surface area contributed by atoms with E-state index in [9.17, 15) is 4.79 Å².